The van der Waals surface area contributed by atoms with Crippen molar-refractivity contribution in [2.45, 2.75) is 24.2 Å². The maximum absolute atomic E-state index is 14.1. The smallest absolute Gasteiger partial charge is 0.202 e. The van der Waals surface area contributed by atoms with E-state index < -0.39 is 58.6 Å². The largest absolute Gasteiger partial charge is 0.508 e. The highest BCUT2D eigenvalue weighted by atomic mass is 16.5. The standard InChI is InChI=1S/C30H22O11/c31-14-5-1-12(2-6-14)28-24(25(37)21-17(34)9-16(33)10-20(21)40-28)22-18(35)11-19(36)23-26(38)27(39)29(41-30(22)23)13-3-7-15(32)8-4-13/h1-11,24,27-29,31-36,39H/t24?,27?,28-,29-/m1/s1. The van der Waals surface area contributed by atoms with E-state index >= 15 is 0 Å². The van der Waals surface area contributed by atoms with Gasteiger partial charge < -0.3 is 45.2 Å². The van der Waals surface area contributed by atoms with Gasteiger partial charge in [-0.05, 0) is 35.4 Å². The van der Waals surface area contributed by atoms with Crippen LogP contribution >= 0.6 is 0 Å². The number of aliphatic hydroxyl groups excluding tert-OH is 1. The Hall–Kier alpha value is -5.42. The number of hydrogen-bond acceptors (Lipinski definition) is 11. The Labute approximate surface area is 231 Å². The molecule has 0 saturated heterocycles. The average Bonchev–Trinajstić information content (AvgIpc) is 2.92. The number of fused-ring (bicyclic) bond motifs is 2. The molecule has 0 radical (unpaired) electrons. The molecule has 41 heavy (non-hydrogen) atoms. The fourth-order valence-corrected chi connectivity index (χ4v) is 5.33. The van der Waals surface area contributed by atoms with E-state index in [2.05, 4.69) is 0 Å². The van der Waals surface area contributed by atoms with Gasteiger partial charge in [-0.3, -0.25) is 9.59 Å². The molecule has 2 unspecified atom stereocenters. The van der Waals surface area contributed by atoms with Crippen molar-refractivity contribution in [3.05, 3.63) is 94.5 Å². The van der Waals surface area contributed by atoms with Crippen LogP contribution in [0.25, 0.3) is 0 Å². The van der Waals surface area contributed by atoms with Crippen molar-refractivity contribution in [1.29, 1.82) is 0 Å². The number of benzene rings is 4. The van der Waals surface area contributed by atoms with Gasteiger partial charge in [0, 0.05) is 18.2 Å². The van der Waals surface area contributed by atoms with E-state index in [1.165, 1.54) is 48.5 Å². The fraction of sp³-hybridized carbons (Fsp3) is 0.133. The molecule has 0 saturated carbocycles. The molecule has 2 aliphatic heterocycles. The molecule has 6 rings (SSSR count). The van der Waals surface area contributed by atoms with E-state index in [-0.39, 0.29) is 45.4 Å². The third-order valence-electron chi connectivity index (χ3n) is 7.23. The number of aromatic hydroxyl groups is 6. The highest BCUT2D eigenvalue weighted by molar-refractivity contribution is 6.10. The number of rotatable bonds is 3. The first-order valence-electron chi connectivity index (χ1n) is 12.4. The van der Waals surface area contributed by atoms with E-state index in [1.807, 2.05) is 0 Å². The highest BCUT2D eigenvalue weighted by Gasteiger charge is 2.48. The van der Waals surface area contributed by atoms with Crippen molar-refractivity contribution in [2.75, 3.05) is 0 Å². The highest BCUT2D eigenvalue weighted by Crippen LogP contribution is 2.55. The molecule has 4 aromatic rings. The fourth-order valence-electron chi connectivity index (χ4n) is 5.33. The number of hydrogen-bond donors (Lipinski definition) is 7. The topological polar surface area (TPSA) is 194 Å². The van der Waals surface area contributed by atoms with Gasteiger partial charge >= 0.3 is 0 Å². The van der Waals surface area contributed by atoms with Gasteiger partial charge in [-0.15, -0.1) is 0 Å². The molecule has 208 valence electrons. The van der Waals surface area contributed by atoms with Crippen molar-refractivity contribution >= 4 is 11.6 Å². The molecule has 0 aliphatic carbocycles. The Morgan fingerprint density at radius 1 is 0.561 bits per heavy atom. The Morgan fingerprint density at radius 2 is 1.12 bits per heavy atom. The van der Waals surface area contributed by atoms with E-state index in [0.29, 0.717) is 5.56 Å². The number of carbonyl (C=O) groups excluding carboxylic acids is 2. The summed E-state index contributed by atoms with van der Waals surface area (Å²) < 4.78 is 12.1. The number of phenols is 6. The predicted molar refractivity (Wildman–Crippen MR) is 140 cm³/mol. The van der Waals surface area contributed by atoms with Gasteiger partial charge in [-0.2, -0.15) is 0 Å². The first-order chi connectivity index (χ1) is 19.5. The lowest BCUT2D eigenvalue weighted by atomic mass is 9.78. The van der Waals surface area contributed by atoms with Crippen molar-refractivity contribution in [3.63, 3.8) is 0 Å². The molecule has 0 aromatic heterocycles. The van der Waals surface area contributed by atoms with Gasteiger partial charge in [0.25, 0.3) is 0 Å². The van der Waals surface area contributed by atoms with E-state index in [4.69, 9.17) is 9.47 Å². The molecular formula is C30H22O11. The van der Waals surface area contributed by atoms with Gasteiger partial charge in [0.15, 0.2) is 18.0 Å². The number of phenolic OH excluding ortho intramolecular Hbond substituents is 6. The summed E-state index contributed by atoms with van der Waals surface area (Å²) in [5, 5.41) is 72.7. The van der Waals surface area contributed by atoms with E-state index in [1.54, 1.807) is 0 Å². The molecule has 0 bridgehead atoms. The van der Waals surface area contributed by atoms with Crippen LogP contribution < -0.4 is 9.47 Å². The van der Waals surface area contributed by atoms with E-state index in [0.717, 1.165) is 18.2 Å². The van der Waals surface area contributed by atoms with Crippen LogP contribution in [0.2, 0.25) is 0 Å². The zero-order valence-electron chi connectivity index (χ0n) is 20.9. The van der Waals surface area contributed by atoms with Crippen molar-refractivity contribution < 1.29 is 54.8 Å². The summed E-state index contributed by atoms with van der Waals surface area (Å²) in [6, 6.07) is 14.0. The summed E-state index contributed by atoms with van der Waals surface area (Å²) in [6.45, 7) is 0. The zero-order chi connectivity index (χ0) is 29.2. The summed E-state index contributed by atoms with van der Waals surface area (Å²) >= 11 is 0. The Kier molecular flexibility index (Phi) is 5.89. The quantitative estimate of drug-likeness (QED) is 0.194. The third-order valence-corrected chi connectivity index (χ3v) is 7.23. The molecule has 2 aliphatic rings. The van der Waals surface area contributed by atoms with Gasteiger partial charge in [-0.1, -0.05) is 24.3 Å². The van der Waals surface area contributed by atoms with Gasteiger partial charge in [-0.25, -0.2) is 0 Å². The summed E-state index contributed by atoms with van der Waals surface area (Å²) in [5.41, 5.74) is -0.418. The summed E-state index contributed by atoms with van der Waals surface area (Å²) in [5.74, 6) is -6.19. The number of Topliss-reactive ketones (excluding diaryl/α,β-unsaturated/α-hetero) is 2. The minimum Gasteiger partial charge on any atom is -0.508 e. The van der Waals surface area contributed by atoms with Crippen molar-refractivity contribution in [3.8, 4) is 46.0 Å². The summed E-state index contributed by atoms with van der Waals surface area (Å²) in [7, 11) is 0. The van der Waals surface area contributed by atoms with Crippen LogP contribution in [-0.4, -0.2) is 53.4 Å². The third kappa shape index (κ3) is 4.10. The lowest BCUT2D eigenvalue weighted by Crippen LogP contribution is -2.38. The van der Waals surface area contributed by atoms with Crippen LogP contribution in [0.4, 0.5) is 0 Å². The Morgan fingerprint density at radius 3 is 1.73 bits per heavy atom. The normalized spacial score (nSPS) is 21.4. The molecule has 11 nitrogen and oxygen atoms in total. The number of aliphatic hydroxyl groups is 1. The van der Waals surface area contributed by atoms with E-state index in [9.17, 15) is 45.3 Å². The lowest BCUT2D eigenvalue weighted by Gasteiger charge is -2.37. The zero-order valence-corrected chi connectivity index (χ0v) is 20.9. The maximum Gasteiger partial charge on any atom is 0.202 e. The van der Waals surface area contributed by atoms with Crippen LogP contribution in [0, 0.1) is 0 Å². The Bertz CT molecular complexity index is 1710. The molecule has 7 N–H and O–H groups in total. The van der Waals surface area contributed by atoms with Crippen LogP contribution in [-0.2, 0) is 0 Å². The maximum atomic E-state index is 14.1. The lowest BCUT2D eigenvalue weighted by molar-refractivity contribution is 0.0197. The number of ether oxygens (including phenoxy) is 2. The van der Waals surface area contributed by atoms with Crippen molar-refractivity contribution in [2.24, 2.45) is 0 Å². The number of carbonyl (C=O) groups is 2. The van der Waals surface area contributed by atoms with Crippen LogP contribution in [0.15, 0.2) is 66.7 Å². The SMILES string of the molecule is O=C1c2c(O)cc(O)c(C3C(=O)c4c(O)cc(O)cc4O[C@@H]3c3ccc(O)cc3)c2O[C@H](c2ccc(O)cc2)C1O. The minimum absolute atomic E-state index is 0.0760. The van der Waals surface area contributed by atoms with Crippen LogP contribution in [0.1, 0.15) is 55.5 Å². The molecular weight excluding hydrogens is 536 g/mol. The Balaban J connectivity index is 1.59. The second kappa shape index (κ2) is 9.35. The molecule has 2 heterocycles. The first-order valence-corrected chi connectivity index (χ1v) is 12.4. The van der Waals surface area contributed by atoms with Gasteiger partial charge in [0.1, 0.15) is 63.2 Å². The molecule has 0 spiro atoms. The monoisotopic (exact) mass is 558 g/mol. The molecule has 4 atom stereocenters. The molecule has 0 fully saturated rings. The molecule has 4 aromatic carbocycles. The minimum atomic E-state index is -1.78. The second-order valence-corrected chi connectivity index (χ2v) is 9.78. The van der Waals surface area contributed by atoms with Gasteiger partial charge in [0.2, 0.25) is 5.78 Å². The summed E-state index contributed by atoms with van der Waals surface area (Å²) in [4.78, 5) is 27.5. The average molecular weight is 558 g/mol. The van der Waals surface area contributed by atoms with Crippen LogP contribution in [0.5, 0.6) is 46.0 Å². The molecule has 11 heteroatoms. The van der Waals surface area contributed by atoms with Gasteiger partial charge in [0.05, 0.1) is 11.5 Å². The first kappa shape index (κ1) is 25.8. The second-order valence-electron chi connectivity index (χ2n) is 9.78. The predicted octanol–water partition coefficient (Wildman–Crippen LogP) is 3.70. The van der Waals surface area contributed by atoms with Crippen LogP contribution in [0.3, 0.4) is 0 Å². The van der Waals surface area contributed by atoms with Crippen molar-refractivity contribution in [1.82, 2.24) is 0 Å². The number of ketones is 2. The summed E-state index contributed by atoms with van der Waals surface area (Å²) in [6.07, 6.45) is -4.37. The molecule has 0 amide bonds.